The van der Waals surface area contributed by atoms with Crippen molar-refractivity contribution in [1.29, 1.82) is 0 Å². The quantitative estimate of drug-likeness (QED) is 0.536. The molecule has 3 rings (SSSR count). The van der Waals surface area contributed by atoms with Crippen molar-refractivity contribution < 1.29 is 17.6 Å². The molecule has 0 N–H and O–H groups in total. The Bertz CT molecular complexity index is 1030. The topological polar surface area (TPSA) is 88.4 Å². The lowest BCUT2D eigenvalue weighted by molar-refractivity contribution is -0.134. The highest BCUT2D eigenvalue weighted by Gasteiger charge is 2.29. The number of sulfonamides is 1. The highest BCUT2D eigenvalue weighted by molar-refractivity contribution is 7.99. The van der Waals surface area contributed by atoms with Crippen LogP contribution in [0.4, 0.5) is 10.1 Å². The van der Waals surface area contributed by atoms with Gasteiger partial charge in [0.1, 0.15) is 5.82 Å². The van der Waals surface area contributed by atoms with Crippen molar-refractivity contribution in [3.05, 3.63) is 35.9 Å². The summed E-state index contributed by atoms with van der Waals surface area (Å²) in [5, 5.41) is 8.97. The van der Waals surface area contributed by atoms with Gasteiger partial charge in [-0.05, 0) is 64.3 Å². The number of rotatable bonds is 8. The van der Waals surface area contributed by atoms with Crippen molar-refractivity contribution >= 4 is 33.4 Å². The van der Waals surface area contributed by atoms with Crippen molar-refractivity contribution in [3.8, 4) is 0 Å². The average Bonchev–Trinajstić information content (AvgIpc) is 3.12. The molecule has 0 bridgehead atoms. The number of carbonyl (C=O) groups excluding carboxylic acids is 1. The van der Waals surface area contributed by atoms with Gasteiger partial charge in [0.15, 0.2) is 11.0 Å². The Morgan fingerprint density at radius 1 is 1.19 bits per heavy atom. The zero-order valence-corrected chi connectivity index (χ0v) is 20.5. The first-order chi connectivity index (χ1) is 15.1. The number of anilines is 1. The molecule has 0 saturated carbocycles. The lowest BCUT2D eigenvalue weighted by Gasteiger charge is -2.39. The minimum absolute atomic E-state index is 0.0417. The maximum Gasteiger partial charge on any atom is 0.233 e. The lowest BCUT2D eigenvalue weighted by atomic mass is 9.98. The highest BCUT2D eigenvalue weighted by atomic mass is 32.2. The van der Waals surface area contributed by atoms with Crippen LogP contribution in [0.15, 0.2) is 29.4 Å². The molecule has 0 unspecified atom stereocenters. The molecule has 1 saturated heterocycles. The van der Waals surface area contributed by atoms with E-state index in [4.69, 9.17) is 0 Å². The predicted molar refractivity (Wildman–Crippen MR) is 123 cm³/mol. The number of piperidine rings is 1. The van der Waals surface area contributed by atoms with Gasteiger partial charge in [0, 0.05) is 18.6 Å². The van der Waals surface area contributed by atoms with Gasteiger partial charge < -0.3 is 9.47 Å². The lowest BCUT2D eigenvalue weighted by Crippen LogP contribution is -2.48. The summed E-state index contributed by atoms with van der Waals surface area (Å²) in [5.41, 5.74) is 0.344. The Hall–Kier alpha value is -2.14. The third kappa shape index (κ3) is 5.61. The van der Waals surface area contributed by atoms with Crippen LogP contribution in [0.3, 0.4) is 0 Å². The molecule has 0 aliphatic carbocycles. The van der Waals surface area contributed by atoms with Crippen LogP contribution in [0.1, 0.15) is 45.9 Å². The molecule has 2 aromatic rings. The van der Waals surface area contributed by atoms with Crippen LogP contribution in [0.25, 0.3) is 0 Å². The fourth-order valence-corrected chi connectivity index (χ4v) is 5.86. The molecule has 1 fully saturated rings. The van der Waals surface area contributed by atoms with Crippen LogP contribution < -0.4 is 4.31 Å². The summed E-state index contributed by atoms with van der Waals surface area (Å²) in [4.78, 5) is 14.8. The molecule has 1 amide bonds. The van der Waals surface area contributed by atoms with Gasteiger partial charge >= 0.3 is 0 Å². The fourth-order valence-electron chi connectivity index (χ4n) is 4.11. The third-order valence-electron chi connectivity index (χ3n) is 5.72. The minimum atomic E-state index is -3.64. The van der Waals surface area contributed by atoms with Gasteiger partial charge in [-0.3, -0.25) is 9.10 Å². The van der Waals surface area contributed by atoms with Crippen molar-refractivity contribution in [2.24, 2.45) is 0 Å². The number of hydrogen-bond donors (Lipinski definition) is 0. The SMILES string of the molecule is CCn1c(CN(c2ccc(F)cc2)S(C)(=O)=O)nnc1SCC(=O)N1[C@H](C)CCC[C@@H]1C. The smallest absolute Gasteiger partial charge is 0.233 e. The van der Waals surface area contributed by atoms with E-state index in [-0.39, 0.29) is 30.3 Å². The van der Waals surface area contributed by atoms with E-state index in [1.54, 1.807) is 0 Å². The second-order valence-corrected chi connectivity index (χ2v) is 11.0. The number of hydrogen-bond acceptors (Lipinski definition) is 6. The van der Waals surface area contributed by atoms with Gasteiger partial charge in [0.2, 0.25) is 15.9 Å². The van der Waals surface area contributed by atoms with Crippen LogP contribution in [0, 0.1) is 5.82 Å². The van der Waals surface area contributed by atoms with Gasteiger partial charge in [-0.1, -0.05) is 11.8 Å². The van der Waals surface area contributed by atoms with Gasteiger partial charge in [0.25, 0.3) is 0 Å². The number of thioether (sulfide) groups is 1. The van der Waals surface area contributed by atoms with Crippen molar-refractivity contribution in [2.45, 2.75) is 70.4 Å². The summed E-state index contributed by atoms with van der Waals surface area (Å²) in [6.45, 7) is 6.56. The van der Waals surface area contributed by atoms with Gasteiger partial charge in [-0.15, -0.1) is 10.2 Å². The van der Waals surface area contributed by atoms with Crippen molar-refractivity contribution in [3.63, 3.8) is 0 Å². The highest BCUT2D eigenvalue weighted by Crippen LogP contribution is 2.26. The Morgan fingerprint density at radius 2 is 1.81 bits per heavy atom. The summed E-state index contributed by atoms with van der Waals surface area (Å²) >= 11 is 1.31. The molecule has 32 heavy (non-hydrogen) atoms. The first-order valence-electron chi connectivity index (χ1n) is 10.7. The number of amides is 1. The normalized spacial score (nSPS) is 19.2. The largest absolute Gasteiger partial charge is 0.337 e. The first kappa shape index (κ1) is 24.5. The molecular weight excluding hydrogens is 453 g/mol. The Balaban J connectivity index is 1.76. The Kier molecular flexibility index (Phi) is 7.81. The monoisotopic (exact) mass is 483 g/mol. The summed E-state index contributed by atoms with van der Waals surface area (Å²) in [5.74, 6) is 0.336. The summed E-state index contributed by atoms with van der Waals surface area (Å²) in [6.07, 6.45) is 4.26. The molecule has 1 aromatic carbocycles. The van der Waals surface area contributed by atoms with Crippen LogP contribution in [-0.2, 0) is 27.9 Å². The first-order valence-corrected chi connectivity index (χ1v) is 13.5. The van der Waals surface area contributed by atoms with E-state index in [1.807, 2.05) is 16.4 Å². The molecular formula is C21H30FN5O3S2. The van der Waals surface area contributed by atoms with Crippen LogP contribution in [0.5, 0.6) is 0 Å². The maximum atomic E-state index is 13.3. The number of carbonyl (C=O) groups is 1. The zero-order chi connectivity index (χ0) is 23.5. The van der Waals surface area contributed by atoms with E-state index < -0.39 is 15.8 Å². The molecule has 1 aromatic heterocycles. The number of likely N-dealkylation sites (tertiary alicyclic amines) is 1. The second-order valence-electron chi connectivity index (χ2n) is 8.11. The summed E-state index contributed by atoms with van der Waals surface area (Å²) < 4.78 is 41.1. The maximum absolute atomic E-state index is 13.3. The van der Waals surface area contributed by atoms with E-state index in [0.29, 0.717) is 23.2 Å². The Labute approximate surface area is 193 Å². The van der Waals surface area contributed by atoms with Gasteiger partial charge in [0.05, 0.1) is 24.2 Å². The molecule has 0 spiro atoms. The number of aromatic nitrogens is 3. The fraction of sp³-hybridized carbons (Fsp3) is 0.571. The zero-order valence-electron chi connectivity index (χ0n) is 18.9. The molecule has 1 aliphatic heterocycles. The molecule has 8 nitrogen and oxygen atoms in total. The van der Waals surface area contributed by atoms with Crippen molar-refractivity contribution in [1.82, 2.24) is 19.7 Å². The number of halogens is 1. The number of nitrogens with zero attached hydrogens (tertiary/aromatic N) is 5. The van der Waals surface area contributed by atoms with E-state index in [1.165, 1.54) is 40.3 Å². The van der Waals surface area contributed by atoms with Gasteiger partial charge in [-0.25, -0.2) is 12.8 Å². The minimum Gasteiger partial charge on any atom is -0.337 e. The van der Waals surface area contributed by atoms with E-state index in [0.717, 1.165) is 25.5 Å². The van der Waals surface area contributed by atoms with E-state index >= 15 is 0 Å². The predicted octanol–water partition coefficient (Wildman–Crippen LogP) is 3.28. The van der Waals surface area contributed by atoms with Crippen LogP contribution >= 0.6 is 11.8 Å². The van der Waals surface area contributed by atoms with Crippen LogP contribution in [0.2, 0.25) is 0 Å². The molecule has 0 radical (unpaired) electrons. The van der Waals surface area contributed by atoms with E-state index in [9.17, 15) is 17.6 Å². The Morgan fingerprint density at radius 3 is 2.38 bits per heavy atom. The number of benzene rings is 1. The van der Waals surface area contributed by atoms with Crippen molar-refractivity contribution in [2.75, 3.05) is 16.3 Å². The molecule has 176 valence electrons. The summed E-state index contributed by atoms with van der Waals surface area (Å²) in [7, 11) is -3.64. The van der Waals surface area contributed by atoms with Gasteiger partial charge in [-0.2, -0.15) is 0 Å². The van der Waals surface area contributed by atoms with Crippen LogP contribution in [-0.4, -0.2) is 58.1 Å². The average molecular weight is 484 g/mol. The molecule has 2 heterocycles. The van der Waals surface area contributed by atoms with E-state index in [2.05, 4.69) is 24.0 Å². The summed E-state index contributed by atoms with van der Waals surface area (Å²) in [6, 6.07) is 5.72. The molecule has 2 atom stereocenters. The third-order valence-corrected chi connectivity index (χ3v) is 7.81. The molecule has 11 heteroatoms. The molecule has 1 aliphatic rings. The second kappa shape index (κ2) is 10.2. The standard InChI is InChI=1S/C21H30FN5O3S2/c1-5-25-19(13-26(32(4,29)30)18-11-9-17(22)10-12-18)23-24-21(25)31-14-20(28)27-15(2)7-6-8-16(27)3/h9-12,15-16H,5-8,13-14H2,1-4H3/t15-,16+.